The van der Waals surface area contributed by atoms with Gasteiger partial charge in [-0.05, 0) is 24.3 Å². The fourth-order valence-electron chi connectivity index (χ4n) is 2.03. The maximum atomic E-state index is 5.24. The molecule has 0 aliphatic carbocycles. The van der Waals surface area contributed by atoms with Gasteiger partial charge in [0.1, 0.15) is 6.33 Å². The second kappa shape index (κ2) is 6.09. The summed E-state index contributed by atoms with van der Waals surface area (Å²) in [6.07, 6.45) is 3.25. The first-order valence-electron chi connectivity index (χ1n) is 6.85. The monoisotopic (exact) mass is 325 g/mol. The number of thioether (sulfide) groups is 1. The molecule has 0 aliphatic heterocycles. The zero-order valence-corrected chi connectivity index (χ0v) is 12.7. The summed E-state index contributed by atoms with van der Waals surface area (Å²) in [5.74, 6) is 2.02. The lowest BCUT2D eigenvalue weighted by Gasteiger charge is -2.04. The first-order chi connectivity index (χ1) is 11.4. The van der Waals surface area contributed by atoms with Crippen molar-refractivity contribution in [2.75, 3.05) is 0 Å². The van der Waals surface area contributed by atoms with E-state index in [-0.39, 0.29) is 0 Å². The van der Waals surface area contributed by atoms with Crippen LogP contribution >= 0.6 is 11.8 Å². The van der Waals surface area contributed by atoms with Gasteiger partial charge in [0.05, 0.1) is 12.0 Å². The number of para-hydroxylation sites is 1. The van der Waals surface area contributed by atoms with Crippen LogP contribution in [0.3, 0.4) is 0 Å². The van der Waals surface area contributed by atoms with Gasteiger partial charge >= 0.3 is 0 Å². The Kier molecular flexibility index (Phi) is 3.65. The van der Waals surface area contributed by atoms with Crippen molar-refractivity contribution in [3.8, 4) is 17.3 Å². The molecule has 0 fully saturated rings. The average molecular weight is 325 g/mol. The fourth-order valence-corrected chi connectivity index (χ4v) is 2.80. The van der Waals surface area contributed by atoms with Crippen LogP contribution in [0, 0.1) is 0 Å². The van der Waals surface area contributed by atoms with Crippen LogP contribution in [0.2, 0.25) is 0 Å². The van der Waals surface area contributed by atoms with E-state index in [1.807, 2.05) is 34.9 Å². The maximum absolute atomic E-state index is 5.24. The first kappa shape index (κ1) is 13.8. The van der Waals surface area contributed by atoms with Crippen LogP contribution in [-0.2, 0) is 5.75 Å². The molecule has 0 atom stereocenters. The van der Waals surface area contributed by atoms with E-state index in [0.717, 1.165) is 10.8 Å². The molecule has 0 aliphatic rings. The quantitative estimate of drug-likeness (QED) is 0.521. The molecule has 0 unspecified atom stereocenters. The fraction of sp³-hybridized carbons (Fsp3) is 0.0667. The molecule has 23 heavy (non-hydrogen) atoms. The summed E-state index contributed by atoms with van der Waals surface area (Å²) >= 11 is 1.47. The lowest BCUT2D eigenvalue weighted by Crippen LogP contribution is -1.94. The third kappa shape index (κ3) is 2.88. The number of aromatic nitrogens is 5. The van der Waals surface area contributed by atoms with E-state index >= 15 is 0 Å². The van der Waals surface area contributed by atoms with E-state index in [1.165, 1.54) is 11.8 Å². The Balaban J connectivity index is 1.49. The van der Waals surface area contributed by atoms with Crippen molar-refractivity contribution in [1.29, 1.82) is 0 Å². The minimum Gasteiger partial charge on any atom is -0.461 e. The van der Waals surface area contributed by atoms with Crippen LogP contribution in [-0.4, -0.2) is 24.9 Å². The predicted molar refractivity (Wildman–Crippen MR) is 82.9 cm³/mol. The second-order valence-electron chi connectivity index (χ2n) is 4.60. The number of furan rings is 1. The van der Waals surface area contributed by atoms with Crippen LogP contribution in [0.4, 0.5) is 0 Å². The zero-order chi connectivity index (χ0) is 15.5. The average Bonchev–Trinajstić information content (AvgIpc) is 3.33. The second-order valence-corrected chi connectivity index (χ2v) is 5.54. The van der Waals surface area contributed by atoms with Gasteiger partial charge in [-0.3, -0.25) is 4.57 Å². The number of nitrogens with zero attached hydrogens (tertiary/aromatic N) is 5. The van der Waals surface area contributed by atoms with E-state index in [1.54, 1.807) is 24.7 Å². The van der Waals surface area contributed by atoms with Crippen molar-refractivity contribution in [2.24, 2.45) is 0 Å². The molecule has 0 saturated carbocycles. The molecule has 1 aromatic carbocycles. The minimum atomic E-state index is 0.440. The maximum Gasteiger partial charge on any atom is 0.238 e. The molecule has 0 N–H and O–H groups in total. The summed E-state index contributed by atoms with van der Waals surface area (Å²) in [6.45, 7) is 0. The Bertz CT molecular complexity index is 886. The number of rotatable bonds is 5. The van der Waals surface area contributed by atoms with E-state index in [4.69, 9.17) is 8.94 Å². The number of benzene rings is 1. The van der Waals surface area contributed by atoms with Crippen LogP contribution in [0.15, 0.2) is 69.2 Å². The van der Waals surface area contributed by atoms with Crippen LogP contribution < -0.4 is 0 Å². The van der Waals surface area contributed by atoms with Crippen molar-refractivity contribution in [2.45, 2.75) is 10.9 Å². The Labute approximate surface area is 135 Å². The zero-order valence-electron chi connectivity index (χ0n) is 11.9. The van der Waals surface area contributed by atoms with Gasteiger partial charge in [-0.15, -0.1) is 10.2 Å². The van der Waals surface area contributed by atoms with Gasteiger partial charge < -0.3 is 8.94 Å². The standard InChI is InChI=1S/C15H11N5O2S/c1-2-5-11(6-3-1)20-10-16-18-15(20)23-9-13-17-14(19-22-13)12-7-4-8-21-12/h1-8,10H,9H2. The molecule has 0 amide bonds. The predicted octanol–water partition coefficient (Wildman–Crippen LogP) is 3.20. The highest BCUT2D eigenvalue weighted by Crippen LogP contribution is 2.24. The summed E-state index contributed by atoms with van der Waals surface area (Å²) in [5.41, 5.74) is 1.00. The highest BCUT2D eigenvalue weighted by molar-refractivity contribution is 7.98. The SMILES string of the molecule is c1ccc(-n2cnnc2SCc2nc(-c3ccco3)no2)cc1. The Morgan fingerprint density at radius 1 is 1.09 bits per heavy atom. The molecule has 0 radical (unpaired) electrons. The molecular weight excluding hydrogens is 314 g/mol. The third-order valence-electron chi connectivity index (χ3n) is 3.09. The van der Waals surface area contributed by atoms with Gasteiger partial charge in [0.15, 0.2) is 10.9 Å². The molecule has 0 saturated heterocycles. The van der Waals surface area contributed by atoms with Gasteiger partial charge in [-0.2, -0.15) is 4.98 Å². The molecule has 3 aromatic heterocycles. The molecule has 0 spiro atoms. The van der Waals surface area contributed by atoms with Gasteiger partial charge in [0, 0.05) is 5.69 Å². The lowest BCUT2D eigenvalue weighted by molar-refractivity contribution is 0.390. The van der Waals surface area contributed by atoms with Crippen molar-refractivity contribution < 1.29 is 8.94 Å². The first-order valence-corrected chi connectivity index (χ1v) is 7.83. The summed E-state index contributed by atoms with van der Waals surface area (Å²) < 4.78 is 12.4. The molecule has 7 nitrogen and oxygen atoms in total. The minimum absolute atomic E-state index is 0.440. The topological polar surface area (TPSA) is 82.8 Å². The lowest BCUT2D eigenvalue weighted by atomic mass is 10.3. The summed E-state index contributed by atoms with van der Waals surface area (Å²) in [5, 5.41) is 12.8. The molecular formula is C15H11N5O2S. The Hall–Kier alpha value is -2.87. The van der Waals surface area contributed by atoms with E-state index in [2.05, 4.69) is 20.3 Å². The van der Waals surface area contributed by atoms with E-state index < -0.39 is 0 Å². The molecule has 114 valence electrons. The summed E-state index contributed by atoms with van der Waals surface area (Å²) in [4.78, 5) is 4.30. The van der Waals surface area contributed by atoms with Gasteiger partial charge in [0.25, 0.3) is 0 Å². The van der Waals surface area contributed by atoms with E-state index in [0.29, 0.717) is 23.2 Å². The van der Waals surface area contributed by atoms with Gasteiger partial charge in [-0.1, -0.05) is 35.1 Å². The summed E-state index contributed by atoms with van der Waals surface area (Å²) in [7, 11) is 0. The Morgan fingerprint density at radius 3 is 2.83 bits per heavy atom. The highest BCUT2D eigenvalue weighted by Gasteiger charge is 2.13. The number of hydrogen-bond donors (Lipinski definition) is 0. The third-order valence-corrected chi connectivity index (χ3v) is 4.01. The van der Waals surface area contributed by atoms with E-state index in [9.17, 15) is 0 Å². The Morgan fingerprint density at radius 2 is 2.00 bits per heavy atom. The molecule has 8 heteroatoms. The van der Waals surface area contributed by atoms with Crippen LogP contribution in [0.25, 0.3) is 17.3 Å². The largest absolute Gasteiger partial charge is 0.461 e. The summed E-state index contributed by atoms with van der Waals surface area (Å²) in [6, 6.07) is 13.5. The van der Waals surface area contributed by atoms with Crippen LogP contribution in [0.1, 0.15) is 5.89 Å². The van der Waals surface area contributed by atoms with Crippen molar-refractivity contribution in [1.82, 2.24) is 24.9 Å². The highest BCUT2D eigenvalue weighted by atomic mass is 32.2. The van der Waals surface area contributed by atoms with Crippen LogP contribution in [0.5, 0.6) is 0 Å². The van der Waals surface area contributed by atoms with Gasteiger partial charge in [-0.25, -0.2) is 0 Å². The molecule has 4 rings (SSSR count). The van der Waals surface area contributed by atoms with Crippen molar-refractivity contribution in [3.63, 3.8) is 0 Å². The molecule has 3 heterocycles. The van der Waals surface area contributed by atoms with Crippen molar-refractivity contribution >= 4 is 11.8 Å². The smallest absolute Gasteiger partial charge is 0.238 e. The normalized spacial score (nSPS) is 11.0. The van der Waals surface area contributed by atoms with Crippen molar-refractivity contribution in [3.05, 3.63) is 60.9 Å². The van der Waals surface area contributed by atoms with Gasteiger partial charge in [0.2, 0.25) is 11.7 Å². The molecule has 0 bridgehead atoms. The molecule has 4 aromatic rings. The number of hydrogen-bond acceptors (Lipinski definition) is 7.